The van der Waals surface area contributed by atoms with Crippen LogP contribution in [0.2, 0.25) is 0 Å². The Hall–Kier alpha value is -1.77. The van der Waals surface area contributed by atoms with Crippen LogP contribution in [0.5, 0.6) is 5.75 Å². The molecule has 1 heterocycles. The number of rotatable bonds is 6. The van der Waals surface area contributed by atoms with E-state index >= 15 is 0 Å². The van der Waals surface area contributed by atoms with Crippen molar-refractivity contribution >= 4 is 21.6 Å². The minimum absolute atomic E-state index is 0.198. The van der Waals surface area contributed by atoms with Gasteiger partial charge in [0.1, 0.15) is 25.1 Å². The van der Waals surface area contributed by atoms with E-state index in [0.717, 1.165) is 30.1 Å². The van der Waals surface area contributed by atoms with Gasteiger partial charge in [-0.1, -0.05) is 28.1 Å². The standard InChI is InChI=1S/C19H20BrF3N2O2/c20-13-9-16(22)19(17(23)10-13)27-12-14(26)11-24-5-7-25(8-6-24)18-4-2-1-3-15(18)21/h1-4,9-10,14,26H,5-8,11-12H2/p+1/t14-/m0/s1. The molecule has 2 aromatic rings. The summed E-state index contributed by atoms with van der Waals surface area (Å²) in [6, 6.07) is 8.88. The van der Waals surface area contributed by atoms with Crippen LogP contribution in [0.15, 0.2) is 40.9 Å². The van der Waals surface area contributed by atoms with E-state index in [2.05, 4.69) is 15.9 Å². The third-order valence-corrected chi connectivity index (χ3v) is 5.03. The molecule has 2 N–H and O–H groups in total. The van der Waals surface area contributed by atoms with Crippen LogP contribution in [0.4, 0.5) is 18.9 Å². The molecule has 0 aromatic heterocycles. The maximum atomic E-state index is 13.9. The summed E-state index contributed by atoms with van der Waals surface area (Å²) in [5.74, 6) is -2.37. The predicted octanol–water partition coefficient (Wildman–Crippen LogP) is 2.01. The molecule has 0 unspecified atom stereocenters. The first-order chi connectivity index (χ1) is 12.9. The summed E-state index contributed by atoms with van der Waals surface area (Å²) in [4.78, 5) is 3.12. The van der Waals surface area contributed by atoms with E-state index < -0.39 is 23.5 Å². The maximum Gasteiger partial charge on any atom is 0.190 e. The molecular formula is C19H21BrF3N2O2+. The average Bonchev–Trinajstić information content (AvgIpc) is 2.62. The highest BCUT2D eigenvalue weighted by atomic mass is 79.9. The Morgan fingerprint density at radius 1 is 1.07 bits per heavy atom. The van der Waals surface area contributed by atoms with Crippen molar-refractivity contribution in [1.82, 2.24) is 0 Å². The number of quaternary nitrogens is 1. The van der Waals surface area contributed by atoms with Crippen LogP contribution in [-0.2, 0) is 0 Å². The Morgan fingerprint density at radius 3 is 2.33 bits per heavy atom. The lowest BCUT2D eigenvalue weighted by Gasteiger charge is -2.34. The SMILES string of the molecule is O[C@H](COc1c(F)cc(Br)cc1F)C[NH+]1CCN(c2ccccc2F)CC1. The Bertz CT molecular complexity index is 762. The predicted molar refractivity (Wildman–Crippen MR) is 99.7 cm³/mol. The second-order valence-corrected chi connectivity index (χ2v) is 7.47. The summed E-state index contributed by atoms with van der Waals surface area (Å²) in [6.07, 6.45) is -0.859. The van der Waals surface area contributed by atoms with Gasteiger partial charge in [0.2, 0.25) is 0 Å². The second kappa shape index (κ2) is 8.95. The molecule has 0 spiro atoms. The number of piperazine rings is 1. The molecule has 1 atom stereocenters. The highest BCUT2D eigenvalue weighted by Crippen LogP contribution is 2.26. The number of benzene rings is 2. The molecule has 0 saturated carbocycles. The normalized spacial score (nSPS) is 16.4. The summed E-state index contributed by atoms with van der Waals surface area (Å²) >= 11 is 3.00. The minimum Gasteiger partial charge on any atom is -0.485 e. The van der Waals surface area contributed by atoms with Crippen molar-refractivity contribution < 1.29 is 27.9 Å². The highest BCUT2D eigenvalue weighted by Gasteiger charge is 2.24. The fourth-order valence-electron chi connectivity index (χ4n) is 3.21. The van der Waals surface area contributed by atoms with Crippen LogP contribution in [0.25, 0.3) is 0 Å². The van der Waals surface area contributed by atoms with Crippen LogP contribution in [0, 0.1) is 17.5 Å². The van der Waals surface area contributed by atoms with E-state index in [4.69, 9.17) is 4.74 Å². The molecule has 1 aliphatic heterocycles. The molecular weight excluding hydrogens is 425 g/mol. The van der Waals surface area contributed by atoms with Gasteiger partial charge in [-0.25, -0.2) is 13.2 Å². The lowest BCUT2D eigenvalue weighted by molar-refractivity contribution is -0.903. The Labute approximate surface area is 164 Å². The molecule has 1 saturated heterocycles. The largest absolute Gasteiger partial charge is 0.485 e. The number of aliphatic hydroxyl groups is 1. The van der Waals surface area contributed by atoms with Crippen LogP contribution in [0.1, 0.15) is 0 Å². The topological polar surface area (TPSA) is 37.1 Å². The third-order valence-electron chi connectivity index (χ3n) is 4.57. The molecule has 2 aromatic carbocycles. The quantitative estimate of drug-likeness (QED) is 0.713. The molecule has 8 heteroatoms. The van der Waals surface area contributed by atoms with Gasteiger partial charge in [0, 0.05) is 4.47 Å². The molecule has 146 valence electrons. The van der Waals surface area contributed by atoms with Crippen LogP contribution >= 0.6 is 15.9 Å². The maximum absolute atomic E-state index is 13.9. The van der Waals surface area contributed by atoms with Crippen molar-refractivity contribution in [3.05, 3.63) is 58.3 Å². The smallest absolute Gasteiger partial charge is 0.190 e. The van der Waals surface area contributed by atoms with E-state index in [1.807, 2.05) is 4.90 Å². The van der Waals surface area contributed by atoms with Crippen molar-refractivity contribution in [3.63, 3.8) is 0 Å². The van der Waals surface area contributed by atoms with E-state index in [0.29, 0.717) is 25.3 Å². The van der Waals surface area contributed by atoms with Crippen molar-refractivity contribution in [2.75, 3.05) is 44.2 Å². The summed E-state index contributed by atoms with van der Waals surface area (Å²) in [7, 11) is 0. The number of halogens is 4. The zero-order chi connectivity index (χ0) is 19.4. The number of ether oxygens (including phenoxy) is 1. The molecule has 4 nitrogen and oxygen atoms in total. The summed E-state index contributed by atoms with van der Waals surface area (Å²) in [6.45, 7) is 2.99. The third kappa shape index (κ3) is 5.15. The Kier molecular flexibility index (Phi) is 6.62. The first kappa shape index (κ1) is 20.0. The summed E-state index contributed by atoms with van der Waals surface area (Å²) < 4.78 is 46.8. The molecule has 1 fully saturated rings. The van der Waals surface area contributed by atoms with E-state index in [1.165, 1.54) is 6.07 Å². The first-order valence-electron chi connectivity index (χ1n) is 8.72. The number of hydrogen-bond acceptors (Lipinski definition) is 3. The fourth-order valence-corrected chi connectivity index (χ4v) is 3.62. The Morgan fingerprint density at radius 2 is 1.70 bits per heavy atom. The molecule has 0 bridgehead atoms. The van der Waals surface area contributed by atoms with Crippen molar-refractivity contribution in [2.24, 2.45) is 0 Å². The van der Waals surface area contributed by atoms with Crippen molar-refractivity contribution in [2.45, 2.75) is 6.10 Å². The molecule has 3 rings (SSSR count). The summed E-state index contributed by atoms with van der Waals surface area (Å²) in [5.41, 5.74) is 0.585. The number of para-hydroxylation sites is 1. The minimum atomic E-state index is -0.859. The first-order valence-corrected chi connectivity index (χ1v) is 9.52. The van der Waals surface area contributed by atoms with Crippen molar-refractivity contribution in [1.29, 1.82) is 0 Å². The number of nitrogens with one attached hydrogen (secondary N) is 1. The van der Waals surface area contributed by atoms with Gasteiger partial charge in [0.25, 0.3) is 0 Å². The van der Waals surface area contributed by atoms with Gasteiger partial charge in [-0.3, -0.25) is 0 Å². The molecule has 0 aliphatic carbocycles. The number of aliphatic hydroxyl groups excluding tert-OH is 1. The zero-order valence-electron chi connectivity index (χ0n) is 14.6. The van der Waals surface area contributed by atoms with Gasteiger partial charge in [-0.2, -0.15) is 0 Å². The second-order valence-electron chi connectivity index (χ2n) is 6.56. The molecule has 0 radical (unpaired) electrons. The van der Waals surface area contributed by atoms with Gasteiger partial charge in [-0.15, -0.1) is 0 Å². The van der Waals surface area contributed by atoms with Gasteiger partial charge < -0.3 is 19.6 Å². The lowest BCUT2D eigenvalue weighted by Crippen LogP contribution is -3.16. The van der Waals surface area contributed by atoms with Crippen LogP contribution in [0.3, 0.4) is 0 Å². The number of anilines is 1. The summed E-state index contributed by atoms with van der Waals surface area (Å²) in [5, 5.41) is 10.2. The van der Waals surface area contributed by atoms with Crippen LogP contribution < -0.4 is 14.5 Å². The van der Waals surface area contributed by atoms with Gasteiger partial charge >= 0.3 is 0 Å². The van der Waals surface area contributed by atoms with Gasteiger partial charge in [0.15, 0.2) is 17.4 Å². The average molecular weight is 446 g/mol. The van der Waals surface area contributed by atoms with E-state index in [-0.39, 0.29) is 16.9 Å². The number of nitrogens with zero attached hydrogens (tertiary/aromatic N) is 1. The van der Waals surface area contributed by atoms with E-state index in [9.17, 15) is 18.3 Å². The van der Waals surface area contributed by atoms with Gasteiger partial charge in [-0.05, 0) is 24.3 Å². The molecule has 1 aliphatic rings. The fraction of sp³-hybridized carbons (Fsp3) is 0.368. The number of hydrogen-bond donors (Lipinski definition) is 2. The van der Waals surface area contributed by atoms with Gasteiger partial charge in [0.05, 0.1) is 31.9 Å². The van der Waals surface area contributed by atoms with Crippen LogP contribution in [-0.4, -0.2) is 50.5 Å². The zero-order valence-corrected chi connectivity index (χ0v) is 16.2. The highest BCUT2D eigenvalue weighted by molar-refractivity contribution is 9.10. The monoisotopic (exact) mass is 445 g/mol. The Balaban J connectivity index is 1.47. The molecule has 0 amide bonds. The molecule has 27 heavy (non-hydrogen) atoms. The van der Waals surface area contributed by atoms with Crippen molar-refractivity contribution in [3.8, 4) is 5.75 Å². The van der Waals surface area contributed by atoms with E-state index in [1.54, 1.807) is 18.2 Å². The lowest BCUT2D eigenvalue weighted by atomic mass is 10.2.